The maximum absolute atomic E-state index is 13.1. The maximum Gasteiger partial charge on any atom is 0.264 e. The molecule has 0 bridgehead atoms. The first kappa shape index (κ1) is 12.5. The van der Waals surface area contributed by atoms with E-state index in [1.807, 2.05) is 0 Å². The molecule has 0 aliphatic heterocycles. The van der Waals surface area contributed by atoms with Gasteiger partial charge < -0.3 is 0 Å². The van der Waals surface area contributed by atoms with Gasteiger partial charge in [-0.3, -0.25) is 5.10 Å². The summed E-state index contributed by atoms with van der Waals surface area (Å²) in [5, 5.41) is 6.16. The minimum absolute atomic E-state index is 0.0730. The Balaban J connectivity index is 2.39. The molecule has 0 spiro atoms. The van der Waals surface area contributed by atoms with Crippen molar-refractivity contribution in [1.82, 2.24) is 15.2 Å². The summed E-state index contributed by atoms with van der Waals surface area (Å²) in [7, 11) is -3.89. The van der Waals surface area contributed by atoms with Gasteiger partial charge in [-0.2, -0.15) is 4.98 Å². The molecule has 2 aromatic rings. The van der Waals surface area contributed by atoms with Crippen molar-refractivity contribution in [1.29, 1.82) is 0 Å². The molecule has 2 N–H and O–H groups in total. The summed E-state index contributed by atoms with van der Waals surface area (Å²) in [6.45, 7) is 3.22. The highest BCUT2D eigenvalue weighted by molar-refractivity contribution is 7.92. The Kier molecular flexibility index (Phi) is 3.04. The second kappa shape index (κ2) is 4.37. The van der Waals surface area contributed by atoms with E-state index in [2.05, 4.69) is 19.9 Å². The predicted molar refractivity (Wildman–Crippen MR) is 63.1 cm³/mol. The number of halogens is 1. The van der Waals surface area contributed by atoms with Crippen LogP contribution in [0.25, 0.3) is 0 Å². The molecule has 6 nitrogen and oxygen atoms in total. The molecule has 2 rings (SSSR count). The Morgan fingerprint density at radius 1 is 1.33 bits per heavy atom. The van der Waals surface area contributed by atoms with Gasteiger partial charge in [0.2, 0.25) is 0 Å². The smallest absolute Gasteiger partial charge is 0.261 e. The lowest BCUT2D eigenvalue weighted by Crippen LogP contribution is -2.15. The van der Waals surface area contributed by atoms with Crippen LogP contribution in [0.5, 0.6) is 0 Å². The van der Waals surface area contributed by atoms with Gasteiger partial charge >= 0.3 is 0 Å². The fraction of sp³-hybridized carbons (Fsp3) is 0.200. The average molecular weight is 270 g/mol. The van der Waals surface area contributed by atoms with Crippen LogP contribution in [-0.2, 0) is 10.0 Å². The number of hydrogen-bond donors (Lipinski definition) is 2. The zero-order chi connectivity index (χ0) is 13.3. The second-order valence-corrected chi connectivity index (χ2v) is 5.41. The molecule has 0 saturated carbocycles. The lowest BCUT2D eigenvalue weighted by molar-refractivity contribution is 0.594. The van der Waals surface area contributed by atoms with E-state index in [1.54, 1.807) is 13.8 Å². The van der Waals surface area contributed by atoms with Gasteiger partial charge in [-0.25, -0.2) is 17.5 Å². The van der Waals surface area contributed by atoms with Crippen LogP contribution in [0, 0.1) is 19.7 Å². The number of hydrogen-bond acceptors (Lipinski definition) is 4. The molecular formula is C10H11FN4O2S. The first-order valence-corrected chi connectivity index (χ1v) is 6.55. The van der Waals surface area contributed by atoms with Crippen LogP contribution in [0.1, 0.15) is 11.4 Å². The number of sulfonamides is 1. The van der Waals surface area contributed by atoms with E-state index in [9.17, 15) is 12.8 Å². The van der Waals surface area contributed by atoms with Crippen molar-refractivity contribution in [2.24, 2.45) is 0 Å². The Morgan fingerprint density at radius 2 is 2.06 bits per heavy atom. The van der Waals surface area contributed by atoms with E-state index in [0.29, 0.717) is 11.4 Å². The molecule has 1 heterocycles. The van der Waals surface area contributed by atoms with E-state index >= 15 is 0 Å². The van der Waals surface area contributed by atoms with Crippen LogP contribution in [0.3, 0.4) is 0 Å². The molecule has 0 aliphatic rings. The fourth-order valence-electron chi connectivity index (χ4n) is 1.43. The van der Waals surface area contributed by atoms with Crippen molar-refractivity contribution in [2.75, 3.05) is 4.72 Å². The fourth-order valence-corrected chi connectivity index (χ4v) is 2.63. The van der Waals surface area contributed by atoms with Crippen LogP contribution in [0.15, 0.2) is 23.1 Å². The first-order chi connectivity index (χ1) is 8.38. The van der Waals surface area contributed by atoms with Gasteiger partial charge in [-0.1, -0.05) is 6.07 Å². The molecule has 18 heavy (non-hydrogen) atoms. The highest BCUT2D eigenvalue weighted by Gasteiger charge is 2.19. The predicted octanol–water partition coefficient (Wildman–Crippen LogP) is 1.36. The van der Waals surface area contributed by atoms with Gasteiger partial charge in [0.15, 0.2) is 0 Å². The Labute approximate surface area is 103 Å². The topological polar surface area (TPSA) is 87.7 Å². The van der Waals surface area contributed by atoms with Crippen LogP contribution in [0.2, 0.25) is 0 Å². The number of H-pyrrole nitrogens is 1. The third-order valence-corrected chi connectivity index (χ3v) is 3.73. The minimum atomic E-state index is -3.89. The number of aromatic nitrogens is 3. The lowest BCUT2D eigenvalue weighted by atomic mass is 10.2. The van der Waals surface area contributed by atoms with Gasteiger partial charge in [0, 0.05) is 0 Å². The molecule has 1 aromatic heterocycles. The van der Waals surface area contributed by atoms with Crippen molar-refractivity contribution in [3.8, 4) is 0 Å². The molecule has 0 fully saturated rings. The molecule has 8 heteroatoms. The molecule has 0 radical (unpaired) electrons. The Morgan fingerprint density at radius 3 is 2.67 bits per heavy atom. The molecule has 0 unspecified atom stereocenters. The lowest BCUT2D eigenvalue weighted by Gasteiger charge is -2.07. The molecule has 0 amide bonds. The molecular weight excluding hydrogens is 259 g/mol. The van der Waals surface area contributed by atoms with Crippen LogP contribution >= 0.6 is 0 Å². The summed E-state index contributed by atoms with van der Waals surface area (Å²) >= 11 is 0. The highest BCUT2D eigenvalue weighted by atomic mass is 32.2. The summed E-state index contributed by atoms with van der Waals surface area (Å²) in [5.41, 5.74) is 0.441. The summed E-state index contributed by atoms with van der Waals surface area (Å²) in [6.07, 6.45) is 0. The number of nitrogens with one attached hydrogen (secondary N) is 2. The van der Waals surface area contributed by atoms with Crippen molar-refractivity contribution in [2.45, 2.75) is 18.7 Å². The summed E-state index contributed by atoms with van der Waals surface area (Å²) < 4.78 is 39.3. The molecule has 1 aromatic carbocycles. The largest absolute Gasteiger partial charge is 0.264 e. The van der Waals surface area contributed by atoms with Gasteiger partial charge in [-0.15, -0.1) is 5.10 Å². The maximum atomic E-state index is 13.1. The third-order valence-electron chi connectivity index (χ3n) is 2.26. The summed E-state index contributed by atoms with van der Waals surface area (Å²) in [6, 6.07) is 3.55. The number of aryl methyl sites for hydroxylation is 2. The zero-order valence-electron chi connectivity index (χ0n) is 9.73. The summed E-state index contributed by atoms with van der Waals surface area (Å²) in [4.78, 5) is 3.69. The van der Waals surface area contributed by atoms with E-state index in [0.717, 1.165) is 6.07 Å². The van der Waals surface area contributed by atoms with E-state index < -0.39 is 15.8 Å². The SMILES string of the molecule is Cc1nc(NS(=O)(=O)c2cc(F)ccc2C)n[nH]1. The second-order valence-electron chi connectivity index (χ2n) is 3.76. The number of nitrogens with zero attached hydrogens (tertiary/aromatic N) is 2. The third kappa shape index (κ3) is 2.48. The van der Waals surface area contributed by atoms with Crippen LogP contribution < -0.4 is 4.72 Å². The monoisotopic (exact) mass is 270 g/mol. The van der Waals surface area contributed by atoms with Gasteiger partial charge in [0.05, 0.1) is 4.90 Å². The average Bonchev–Trinajstić information content (AvgIpc) is 2.66. The summed E-state index contributed by atoms with van der Waals surface area (Å²) in [5.74, 6) is -0.216. The van der Waals surface area contributed by atoms with E-state index in [4.69, 9.17) is 0 Å². The molecule has 0 aliphatic carbocycles. The van der Waals surface area contributed by atoms with E-state index in [1.165, 1.54) is 12.1 Å². The highest BCUT2D eigenvalue weighted by Crippen LogP contribution is 2.18. The van der Waals surface area contributed by atoms with Crippen molar-refractivity contribution >= 4 is 16.0 Å². The number of anilines is 1. The zero-order valence-corrected chi connectivity index (χ0v) is 10.5. The molecule has 0 atom stereocenters. The van der Waals surface area contributed by atoms with Crippen LogP contribution in [-0.4, -0.2) is 23.6 Å². The van der Waals surface area contributed by atoms with Gasteiger partial charge in [0.1, 0.15) is 11.6 Å². The van der Waals surface area contributed by atoms with E-state index in [-0.39, 0.29) is 10.8 Å². The Bertz CT molecular complexity index is 681. The molecule has 96 valence electrons. The Hall–Kier alpha value is -1.96. The number of benzene rings is 1. The first-order valence-electron chi connectivity index (χ1n) is 5.06. The normalized spacial score (nSPS) is 11.5. The van der Waals surface area contributed by atoms with Crippen molar-refractivity contribution in [3.63, 3.8) is 0 Å². The van der Waals surface area contributed by atoms with Crippen molar-refractivity contribution < 1.29 is 12.8 Å². The number of aromatic amines is 1. The van der Waals surface area contributed by atoms with Crippen LogP contribution in [0.4, 0.5) is 10.3 Å². The minimum Gasteiger partial charge on any atom is -0.261 e. The van der Waals surface area contributed by atoms with Gasteiger partial charge in [0.25, 0.3) is 16.0 Å². The van der Waals surface area contributed by atoms with Gasteiger partial charge in [-0.05, 0) is 31.5 Å². The standard InChI is InChI=1S/C10H11FN4O2S/c1-6-3-4-8(11)5-9(6)18(16,17)15-10-12-7(2)13-14-10/h3-5H,1-2H3,(H2,12,13,14,15). The quantitative estimate of drug-likeness (QED) is 0.881. The van der Waals surface area contributed by atoms with Crippen molar-refractivity contribution in [3.05, 3.63) is 35.4 Å². The number of rotatable bonds is 3. The molecule has 0 saturated heterocycles.